The number of carbonyl (C=O) groups is 1. The average Bonchev–Trinajstić information content (AvgIpc) is 2.39. The van der Waals surface area contributed by atoms with Gasteiger partial charge in [0, 0.05) is 12.5 Å². The van der Waals surface area contributed by atoms with Gasteiger partial charge in [-0.25, -0.2) is 0 Å². The molecule has 0 aromatic carbocycles. The van der Waals surface area contributed by atoms with Crippen molar-refractivity contribution < 1.29 is 9.53 Å². The average molecular weight is 258 g/mol. The number of rotatable bonds is 11. The standard InChI is InChI=1S/C14H30N2O2/c1-5-16(6-2)12-8-9-13(3)15-11-7-10-14(17)18-4/h13,15H,5-12H2,1-4H3. The minimum absolute atomic E-state index is 0.119. The van der Waals surface area contributed by atoms with Crippen LogP contribution in [0.15, 0.2) is 0 Å². The molecule has 0 bridgehead atoms. The van der Waals surface area contributed by atoms with Gasteiger partial charge in [-0.1, -0.05) is 13.8 Å². The van der Waals surface area contributed by atoms with E-state index in [4.69, 9.17) is 0 Å². The SMILES string of the molecule is CCN(CC)CCCC(C)NCCCC(=O)OC. The zero-order valence-corrected chi connectivity index (χ0v) is 12.5. The summed E-state index contributed by atoms with van der Waals surface area (Å²) in [4.78, 5) is 13.4. The second kappa shape index (κ2) is 11.5. The summed E-state index contributed by atoms with van der Waals surface area (Å²) in [6.45, 7) is 11.0. The van der Waals surface area contributed by atoms with Gasteiger partial charge in [-0.05, 0) is 52.4 Å². The number of esters is 1. The first kappa shape index (κ1) is 17.4. The van der Waals surface area contributed by atoms with E-state index >= 15 is 0 Å². The summed E-state index contributed by atoms with van der Waals surface area (Å²) in [7, 11) is 1.44. The van der Waals surface area contributed by atoms with Gasteiger partial charge in [0.15, 0.2) is 0 Å². The Balaban J connectivity index is 3.42. The highest BCUT2D eigenvalue weighted by atomic mass is 16.5. The highest BCUT2D eigenvalue weighted by molar-refractivity contribution is 5.69. The van der Waals surface area contributed by atoms with Crippen LogP contribution in [0.25, 0.3) is 0 Å². The van der Waals surface area contributed by atoms with Crippen molar-refractivity contribution in [2.45, 2.75) is 52.5 Å². The summed E-state index contributed by atoms with van der Waals surface area (Å²) < 4.78 is 4.60. The quantitative estimate of drug-likeness (QED) is 0.455. The molecule has 0 fully saturated rings. The fraction of sp³-hybridized carbons (Fsp3) is 0.929. The summed E-state index contributed by atoms with van der Waals surface area (Å²) in [6.07, 6.45) is 3.78. The molecule has 18 heavy (non-hydrogen) atoms. The number of nitrogens with one attached hydrogen (secondary N) is 1. The second-order valence-corrected chi connectivity index (χ2v) is 4.70. The zero-order valence-electron chi connectivity index (χ0n) is 12.5. The maximum atomic E-state index is 10.9. The lowest BCUT2D eigenvalue weighted by atomic mass is 10.1. The lowest BCUT2D eigenvalue weighted by molar-refractivity contribution is -0.140. The Labute approximate surface area is 112 Å². The molecule has 0 radical (unpaired) electrons. The van der Waals surface area contributed by atoms with Gasteiger partial charge in [0.2, 0.25) is 0 Å². The van der Waals surface area contributed by atoms with E-state index in [1.54, 1.807) is 0 Å². The van der Waals surface area contributed by atoms with Crippen LogP contribution in [0.3, 0.4) is 0 Å². The van der Waals surface area contributed by atoms with Crippen molar-refractivity contribution in [2.24, 2.45) is 0 Å². The summed E-state index contributed by atoms with van der Waals surface area (Å²) in [6, 6.07) is 0.526. The van der Waals surface area contributed by atoms with Crippen molar-refractivity contribution in [3.63, 3.8) is 0 Å². The first-order valence-corrected chi connectivity index (χ1v) is 7.16. The van der Waals surface area contributed by atoms with Gasteiger partial charge >= 0.3 is 5.97 Å². The Morgan fingerprint density at radius 1 is 1.28 bits per heavy atom. The van der Waals surface area contributed by atoms with E-state index in [1.807, 2.05) is 0 Å². The van der Waals surface area contributed by atoms with E-state index in [-0.39, 0.29) is 5.97 Å². The highest BCUT2D eigenvalue weighted by Crippen LogP contribution is 2.00. The molecule has 0 rings (SSSR count). The van der Waals surface area contributed by atoms with Gasteiger partial charge in [-0.3, -0.25) is 4.79 Å². The minimum atomic E-state index is -0.119. The Kier molecular flexibility index (Phi) is 11.1. The predicted octanol–water partition coefficient (Wildman–Crippen LogP) is 2.04. The monoisotopic (exact) mass is 258 g/mol. The fourth-order valence-corrected chi connectivity index (χ4v) is 1.95. The molecule has 1 N–H and O–H groups in total. The third-order valence-corrected chi connectivity index (χ3v) is 3.28. The molecule has 0 spiro atoms. The molecule has 4 nitrogen and oxygen atoms in total. The van der Waals surface area contributed by atoms with E-state index in [0.29, 0.717) is 12.5 Å². The first-order valence-electron chi connectivity index (χ1n) is 7.16. The Morgan fingerprint density at radius 2 is 1.94 bits per heavy atom. The van der Waals surface area contributed by atoms with Crippen molar-refractivity contribution in [3.8, 4) is 0 Å². The third-order valence-electron chi connectivity index (χ3n) is 3.28. The van der Waals surface area contributed by atoms with Crippen LogP contribution < -0.4 is 5.32 Å². The van der Waals surface area contributed by atoms with Crippen LogP contribution in [-0.2, 0) is 9.53 Å². The van der Waals surface area contributed by atoms with Crippen molar-refractivity contribution >= 4 is 5.97 Å². The van der Waals surface area contributed by atoms with Crippen molar-refractivity contribution in [3.05, 3.63) is 0 Å². The molecule has 0 aromatic rings. The van der Waals surface area contributed by atoms with Crippen molar-refractivity contribution in [1.82, 2.24) is 10.2 Å². The Morgan fingerprint density at radius 3 is 2.50 bits per heavy atom. The predicted molar refractivity (Wildman–Crippen MR) is 75.7 cm³/mol. The molecule has 108 valence electrons. The van der Waals surface area contributed by atoms with Crippen LogP contribution in [0.4, 0.5) is 0 Å². The third kappa shape index (κ3) is 9.42. The van der Waals surface area contributed by atoms with Crippen LogP contribution in [0.1, 0.15) is 46.5 Å². The van der Waals surface area contributed by atoms with Crippen LogP contribution in [-0.4, -0.2) is 50.2 Å². The molecule has 1 unspecified atom stereocenters. The van der Waals surface area contributed by atoms with Gasteiger partial charge in [0.1, 0.15) is 0 Å². The molecule has 0 heterocycles. The van der Waals surface area contributed by atoms with Gasteiger partial charge in [0.05, 0.1) is 7.11 Å². The normalized spacial score (nSPS) is 12.7. The van der Waals surface area contributed by atoms with E-state index < -0.39 is 0 Å². The molecular weight excluding hydrogens is 228 g/mol. The molecule has 0 aliphatic rings. The van der Waals surface area contributed by atoms with Crippen LogP contribution >= 0.6 is 0 Å². The van der Waals surface area contributed by atoms with Crippen LogP contribution in [0.5, 0.6) is 0 Å². The van der Waals surface area contributed by atoms with Gasteiger partial charge < -0.3 is 15.0 Å². The maximum Gasteiger partial charge on any atom is 0.305 e. The minimum Gasteiger partial charge on any atom is -0.469 e. The molecule has 0 saturated carbocycles. The highest BCUT2D eigenvalue weighted by Gasteiger charge is 2.04. The zero-order chi connectivity index (χ0) is 13.8. The summed E-state index contributed by atoms with van der Waals surface area (Å²) in [5.74, 6) is -0.119. The number of methoxy groups -OCH3 is 1. The molecule has 1 atom stereocenters. The van der Waals surface area contributed by atoms with E-state index in [0.717, 1.165) is 26.1 Å². The first-order chi connectivity index (χ1) is 8.63. The van der Waals surface area contributed by atoms with Gasteiger partial charge in [0.25, 0.3) is 0 Å². The number of carbonyl (C=O) groups excluding carboxylic acids is 1. The van der Waals surface area contributed by atoms with Crippen molar-refractivity contribution in [2.75, 3.05) is 33.3 Å². The molecule has 0 aliphatic heterocycles. The van der Waals surface area contributed by atoms with Crippen molar-refractivity contribution in [1.29, 1.82) is 0 Å². The van der Waals surface area contributed by atoms with Gasteiger partial charge in [-0.15, -0.1) is 0 Å². The summed E-state index contributed by atoms with van der Waals surface area (Å²) in [5, 5.41) is 3.45. The molecular formula is C14H30N2O2. The smallest absolute Gasteiger partial charge is 0.305 e. The van der Waals surface area contributed by atoms with Crippen LogP contribution in [0.2, 0.25) is 0 Å². The molecule has 0 aromatic heterocycles. The number of hydrogen-bond donors (Lipinski definition) is 1. The topological polar surface area (TPSA) is 41.6 Å². The summed E-state index contributed by atoms with van der Waals surface area (Å²) in [5.41, 5.74) is 0. The maximum absolute atomic E-state index is 10.9. The number of ether oxygens (including phenoxy) is 1. The fourth-order valence-electron chi connectivity index (χ4n) is 1.95. The molecule has 0 saturated heterocycles. The van der Waals surface area contributed by atoms with Gasteiger partial charge in [-0.2, -0.15) is 0 Å². The second-order valence-electron chi connectivity index (χ2n) is 4.70. The largest absolute Gasteiger partial charge is 0.469 e. The molecule has 0 amide bonds. The summed E-state index contributed by atoms with van der Waals surface area (Å²) >= 11 is 0. The van der Waals surface area contributed by atoms with E-state index in [1.165, 1.54) is 26.5 Å². The Hall–Kier alpha value is -0.610. The Bertz CT molecular complexity index is 206. The lowest BCUT2D eigenvalue weighted by Crippen LogP contribution is -2.29. The lowest BCUT2D eigenvalue weighted by Gasteiger charge is -2.19. The van der Waals surface area contributed by atoms with Crippen LogP contribution in [0, 0.1) is 0 Å². The molecule has 4 heteroatoms. The molecule has 0 aliphatic carbocycles. The van der Waals surface area contributed by atoms with E-state index in [9.17, 15) is 4.79 Å². The van der Waals surface area contributed by atoms with E-state index in [2.05, 4.69) is 35.7 Å². The number of hydrogen-bond acceptors (Lipinski definition) is 4. The number of nitrogens with zero attached hydrogens (tertiary/aromatic N) is 1.